The van der Waals surface area contributed by atoms with E-state index in [9.17, 15) is 0 Å². The van der Waals surface area contributed by atoms with Crippen LogP contribution in [0.5, 0.6) is 0 Å². The van der Waals surface area contributed by atoms with Gasteiger partial charge in [-0.05, 0) is 25.8 Å². The lowest BCUT2D eigenvalue weighted by Gasteiger charge is -2.08. The average Bonchev–Trinajstić information content (AvgIpc) is 2.82. The highest BCUT2D eigenvalue weighted by molar-refractivity contribution is 5.16. The van der Waals surface area contributed by atoms with Crippen LogP contribution in [-0.2, 0) is 6.54 Å². The molecule has 0 radical (unpaired) electrons. The van der Waals surface area contributed by atoms with Crippen LogP contribution in [-0.4, -0.2) is 22.1 Å². The summed E-state index contributed by atoms with van der Waals surface area (Å²) in [7, 11) is 0. The smallest absolute Gasteiger partial charge is 0.0948 e. The third-order valence-electron chi connectivity index (χ3n) is 3.18. The number of imidazole rings is 1. The molecule has 0 spiro atoms. The van der Waals surface area contributed by atoms with Gasteiger partial charge in [0.2, 0.25) is 0 Å². The van der Waals surface area contributed by atoms with Crippen molar-refractivity contribution in [3.63, 3.8) is 0 Å². The highest BCUT2D eigenvalue weighted by atomic mass is 15.1. The van der Waals surface area contributed by atoms with Crippen LogP contribution in [0.15, 0.2) is 12.5 Å². The lowest BCUT2D eigenvalue weighted by atomic mass is 10.2. The molecule has 1 heterocycles. The first kappa shape index (κ1) is 10.7. The number of hydrogen-bond acceptors (Lipinski definition) is 2. The zero-order chi connectivity index (χ0) is 10.8. The molecule has 84 valence electrons. The van der Waals surface area contributed by atoms with Crippen LogP contribution >= 0.6 is 0 Å². The van der Waals surface area contributed by atoms with E-state index in [1.54, 1.807) is 0 Å². The van der Waals surface area contributed by atoms with E-state index in [1.807, 2.05) is 12.5 Å². The number of nitrogens with zero attached hydrogens (tertiary/aromatic N) is 2. The number of aromatic nitrogens is 2. The molecule has 3 nitrogen and oxygen atoms in total. The van der Waals surface area contributed by atoms with Crippen LogP contribution in [0.25, 0.3) is 0 Å². The molecule has 1 aliphatic carbocycles. The first-order valence-electron chi connectivity index (χ1n) is 5.95. The normalized spacial score (nSPS) is 24.8. The molecule has 15 heavy (non-hydrogen) atoms. The van der Waals surface area contributed by atoms with Gasteiger partial charge in [0, 0.05) is 30.4 Å². The lowest BCUT2D eigenvalue weighted by Crippen LogP contribution is -2.25. The molecule has 1 fully saturated rings. The minimum absolute atomic E-state index is 0.599. The molecule has 2 atom stereocenters. The summed E-state index contributed by atoms with van der Waals surface area (Å²) in [5, 5.41) is 3.51. The van der Waals surface area contributed by atoms with Crippen LogP contribution in [0, 0.1) is 5.92 Å². The van der Waals surface area contributed by atoms with E-state index in [1.165, 1.54) is 12.1 Å². The van der Waals surface area contributed by atoms with Gasteiger partial charge in [-0.3, -0.25) is 0 Å². The van der Waals surface area contributed by atoms with E-state index < -0.39 is 0 Å². The largest absolute Gasteiger partial charge is 0.335 e. The summed E-state index contributed by atoms with van der Waals surface area (Å²) < 4.78 is 2.26. The monoisotopic (exact) mass is 207 g/mol. The molecule has 0 aromatic carbocycles. The summed E-state index contributed by atoms with van der Waals surface area (Å²) in [5.74, 6) is 1.58. The molecule has 2 rings (SSSR count). The second-order valence-corrected chi connectivity index (χ2v) is 4.77. The predicted octanol–water partition coefficient (Wildman–Crippen LogP) is 2.00. The molecule has 0 amide bonds. The molecule has 1 saturated carbocycles. The van der Waals surface area contributed by atoms with Crippen molar-refractivity contribution in [1.82, 2.24) is 14.9 Å². The van der Waals surface area contributed by atoms with Crippen molar-refractivity contribution in [3.05, 3.63) is 18.2 Å². The summed E-state index contributed by atoms with van der Waals surface area (Å²) in [4.78, 5) is 4.23. The van der Waals surface area contributed by atoms with Gasteiger partial charge in [-0.2, -0.15) is 0 Å². The number of hydrogen-bond donors (Lipinski definition) is 1. The molecule has 0 saturated heterocycles. The lowest BCUT2D eigenvalue weighted by molar-refractivity contribution is 0.550. The Bertz CT molecular complexity index is 316. The maximum Gasteiger partial charge on any atom is 0.0948 e. The van der Waals surface area contributed by atoms with Gasteiger partial charge in [0.15, 0.2) is 0 Å². The number of nitrogens with one attached hydrogen (secondary N) is 1. The van der Waals surface area contributed by atoms with Crippen molar-refractivity contribution in [3.8, 4) is 0 Å². The highest BCUT2D eigenvalue weighted by Gasteiger charge is 2.39. The van der Waals surface area contributed by atoms with Crippen molar-refractivity contribution < 1.29 is 0 Å². The summed E-state index contributed by atoms with van der Waals surface area (Å²) in [5.41, 5.74) is 1.42. The van der Waals surface area contributed by atoms with Gasteiger partial charge in [0.1, 0.15) is 0 Å². The van der Waals surface area contributed by atoms with Crippen molar-refractivity contribution in [1.29, 1.82) is 0 Å². The molecule has 0 bridgehead atoms. The van der Waals surface area contributed by atoms with Crippen molar-refractivity contribution in [2.75, 3.05) is 6.54 Å². The highest BCUT2D eigenvalue weighted by Crippen LogP contribution is 2.46. The van der Waals surface area contributed by atoms with Crippen LogP contribution in [0.1, 0.15) is 38.8 Å². The first-order chi connectivity index (χ1) is 7.22. The van der Waals surface area contributed by atoms with Crippen LogP contribution in [0.4, 0.5) is 0 Å². The molecular weight excluding hydrogens is 186 g/mol. The molecule has 1 N–H and O–H groups in total. The van der Waals surface area contributed by atoms with Crippen molar-refractivity contribution >= 4 is 0 Å². The summed E-state index contributed by atoms with van der Waals surface area (Å²) in [6.45, 7) is 8.77. The Balaban J connectivity index is 1.88. The molecule has 3 heteroatoms. The van der Waals surface area contributed by atoms with Crippen LogP contribution in [0.3, 0.4) is 0 Å². The van der Waals surface area contributed by atoms with Crippen molar-refractivity contribution in [2.45, 2.75) is 45.7 Å². The summed E-state index contributed by atoms with van der Waals surface area (Å²) in [6, 6.07) is 0.599. The van der Waals surface area contributed by atoms with Crippen LogP contribution in [0.2, 0.25) is 0 Å². The topological polar surface area (TPSA) is 29.9 Å². The number of rotatable bonds is 5. The van der Waals surface area contributed by atoms with E-state index in [0.29, 0.717) is 6.04 Å². The third kappa shape index (κ3) is 2.40. The summed E-state index contributed by atoms with van der Waals surface area (Å²) >= 11 is 0. The fraction of sp³-hybridized carbons (Fsp3) is 0.750. The average molecular weight is 207 g/mol. The Morgan fingerprint density at radius 1 is 1.60 bits per heavy atom. The van der Waals surface area contributed by atoms with Gasteiger partial charge in [0.05, 0.1) is 6.33 Å². The Hall–Kier alpha value is -0.830. The van der Waals surface area contributed by atoms with E-state index in [4.69, 9.17) is 0 Å². The van der Waals surface area contributed by atoms with Gasteiger partial charge in [-0.15, -0.1) is 0 Å². The first-order valence-corrected chi connectivity index (χ1v) is 5.95. The summed E-state index contributed by atoms with van der Waals surface area (Å²) in [6.07, 6.45) is 5.30. The van der Waals surface area contributed by atoms with Gasteiger partial charge in [-0.1, -0.05) is 13.8 Å². The quantitative estimate of drug-likeness (QED) is 0.800. The molecule has 0 aliphatic heterocycles. The Morgan fingerprint density at radius 3 is 3.07 bits per heavy atom. The predicted molar refractivity (Wildman–Crippen MR) is 61.9 cm³/mol. The van der Waals surface area contributed by atoms with E-state index in [-0.39, 0.29) is 0 Å². The molecule has 1 aromatic rings. The Morgan fingerprint density at radius 2 is 2.40 bits per heavy atom. The van der Waals surface area contributed by atoms with Gasteiger partial charge < -0.3 is 9.88 Å². The van der Waals surface area contributed by atoms with Gasteiger partial charge in [0.25, 0.3) is 0 Å². The van der Waals surface area contributed by atoms with E-state index in [0.717, 1.165) is 24.9 Å². The zero-order valence-electron chi connectivity index (χ0n) is 9.90. The molecular formula is C12H21N3. The van der Waals surface area contributed by atoms with E-state index >= 15 is 0 Å². The second kappa shape index (κ2) is 4.35. The zero-order valence-corrected chi connectivity index (χ0v) is 9.90. The van der Waals surface area contributed by atoms with Gasteiger partial charge in [-0.25, -0.2) is 4.98 Å². The standard InChI is InChI=1S/C12H21N3/c1-4-15-8-13-7-12(15)11-5-10(11)6-14-9(2)3/h7-11,14H,4-6H2,1-3H3. The minimum Gasteiger partial charge on any atom is -0.335 e. The SMILES string of the molecule is CCn1cncc1C1CC1CNC(C)C. The third-order valence-corrected chi connectivity index (χ3v) is 3.18. The molecule has 1 aliphatic rings. The fourth-order valence-corrected chi connectivity index (χ4v) is 2.13. The minimum atomic E-state index is 0.599. The van der Waals surface area contributed by atoms with Crippen LogP contribution < -0.4 is 5.32 Å². The Labute approximate surface area is 91.9 Å². The maximum absolute atomic E-state index is 4.23. The maximum atomic E-state index is 4.23. The molecule has 2 unspecified atom stereocenters. The Kier molecular flexibility index (Phi) is 3.10. The second-order valence-electron chi connectivity index (χ2n) is 4.77. The van der Waals surface area contributed by atoms with E-state index in [2.05, 4.69) is 35.6 Å². The molecule has 1 aromatic heterocycles. The fourth-order valence-electron chi connectivity index (χ4n) is 2.13. The van der Waals surface area contributed by atoms with Gasteiger partial charge >= 0.3 is 0 Å². The van der Waals surface area contributed by atoms with Crippen molar-refractivity contribution in [2.24, 2.45) is 5.92 Å². The number of aryl methyl sites for hydroxylation is 1.